The molecule has 36 heavy (non-hydrogen) atoms. The average molecular weight is 585 g/mol. The summed E-state index contributed by atoms with van der Waals surface area (Å²) in [4.78, 5) is 21.1. The lowest BCUT2D eigenvalue weighted by molar-refractivity contribution is 0.620. The van der Waals surface area contributed by atoms with Gasteiger partial charge in [0.1, 0.15) is 5.82 Å². The van der Waals surface area contributed by atoms with Crippen molar-refractivity contribution in [3.8, 4) is 0 Å². The Labute approximate surface area is 225 Å². The molecule has 1 aromatic heterocycles. The number of aromatic nitrogens is 2. The van der Waals surface area contributed by atoms with Gasteiger partial charge in [0, 0.05) is 22.8 Å². The van der Waals surface area contributed by atoms with E-state index < -0.39 is 0 Å². The molecule has 0 saturated heterocycles. The molecule has 0 N–H and O–H groups in total. The first-order valence-corrected chi connectivity index (χ1v) is 13.1. The topological polar surface area (TPSA) is 38.1 Å². The van der Waals surface area contributed by atoms with Crippen molar-refractivity contribution in [1.82, 2.24) is 9.55 Å². The zero-order chi connectivity index (χ0) is 25.2. The highest BCUT2D eigenvalue weighted by Crippen LogP contribution is 2.28. The minimum atomic E-state index is -0.258. The number of anilines is 1. The molecule has 0 aliphatic heterocycles. The van der Waals surface area contributed by atoms with Crippen LogP contribution in [0.1, 0.15) is 34.1 Å². The number of hydrogen-bond donors (Lipinski definition) is 0. The van der Waals surface area contributed by atoms with Crippen molar-refractivity contribution < 1.29 is 0 Å². The molecule has 4 aromatic carbocycles. The third-order valence-electron chi connectivity index (χ3n) is 6.74. The van der Waals surface area contributed by atoms with Crippen molar-refractivity contribution in [3.05, 3.63) is 139 Å². The molecule has 0 atom stereocenters. The number of fused-ring (bicyclic) bond motifs is 1. The molecular formula is C31H28IN3O. The maximum absolute atomic E-state index is 14.1. The van der Waals surface area contributed by atoms with Gasteiger partial charge in [-0.1, -0.05) is 72.8 Å². The summed E-state index contributed by atoms with van der Waals surface area (Å²) < 4.78 is 3.08. The highest BCUT2D eigenvalue weighted by molar-refractivity contribution is 14.1. The van der Waals surface area contributed by atoms with E-state index in [4.69, 9.17) is 4.98 Å². The summed E-state index contributed by atoms with van der Waals surface area (Å²) in [5.41, 5.74) is 6.35. The molecular weight excluding hydrogens is 557 g/mol. The van der Waals surface area contributed by atoms with Gasteiger partial charge in [-0.05, 0) is 83.0 Å². The predicted molar refractivity (Wildman–Crippen MR) is 157 cm³/mol. The quantitative estimate of drug-likeness (QED) is 0.204. The number of benzene rings is 4. The molecule has 0 amide bonds. The molecule has 0 bridgehead atoms. The summed E-state index contributed by atoms with van der Waals surface area (Å²) in [6, 6.07) is 32.4. The Balaban J connectivity index is 1.63. The minimum absolute atomic E-state index is 0.0315. The maximum atomic E-state index is 14.1. The van der Waals surface area contributed by atoms with E-state index in [1.54, 1.807) is 0 Å². The SMILES string of the molecule is Cc1cccc(I)c1CN(C)c1ccc2nc(C)n(C(c3ccccc3)c3ccccc3)c(=O)c2c1. The summed E-state index contributed by atoms with van der Waals surface area (Å²) in [6.07, 6.45) is 0. The molecule has 5 aromatic rings. The van der Waals surface area contributed by atoms with E-state index in [1.165, 1.54) is 14.7 Å². The molecule has 0 aliphatic rings. The van der Waals surface area contributed by atoms with Gasteiger partial charge in [0.2, 0.25) is 0 Å². The van der Waals surface area contributed by atoms with Crippen molar-refractivity contribution in [2.75, 3.05) is 11.9 Å². The van der Waals surface area contributed by atoms with Gasteiger partial charge in [0.05, 0.1) is 16.9 Å². The summed E-state index contributed by atoms with van der Waals surface area (Å²) >= 11 is 2.39. The van der Waals surface area contributed by atoms with E-state index in [0.29, 0.717) is 11.2 Å². The average Bonchev–Trinajstić information content (AvgIpc) is 2.89. The molecule has 0 radical (unpaired) electrons. The van der Waals surface area contributed by atoms with Crippen molar-refractivity contribution in [2.45, 2.75) is 26.4 Å². The van der Waals surface area contributed by atoms with Crippen LogP contribution < -0.4 is 10.5 Å². The van der Waals surface area contributed by atoms with Crippen molar-refractivity contribution in [1.29, 1.82) is 0 Å². The Bertz CT molecular complexity index is 1520. The van der Waals surface area contributed by atoms with Crippen LogP contribution in [0.3, 0.4) is 0 Å². The lowest BCUT2D eigenvalue weighted by atomic mass is 9.98. The van der Waals surface area contributed by atoms with Gasteiger partial charge >= 0.3 is 0 Å². The van der Waals surface area contributed by atoms with Gasteiger partial charge in [-0.25, -0.2) is 4.98 Å². The predicted octanol–water partition coefficient (Wildman–Crippen LogP) is 6.89. The molecule has 180 valence electrons. The lowest BCUT2D eigenvalue weighted by Crippen LogP contribution is -2.29. The molecule has 0 aliphatic carbocycles. The highest BCUT2D eigenvalue weighted by atomic mass is 127. The van der Waals surface area contributed by atoms with Gasteiger partial charge in [0.25, 0.3) is 5.56 Å². The van der Waals surface area contributed by atoms with Gasteiger partial charge < -0.3 is 4.90 Å². The van der Waals surface area contributed by atoms with Crippen LogP contribution in [0.4, 0.5) is 5.69 Å². The highest BCUT2D eigenvalue weighted by Gasteiger charge is 2.21. The fraction of sp³-hybridized carbons (Fsp3) is 0.161. The monoisotopic (exact) mass is 585 g/mol. The van der Waals surface area contributed by atoms with Crippen molar-refractivity contribution in [2.24, 2.45) is 0 Å². The van der Waals surface area contributed by atoms with Crippen LogP contribution in [0.2, 0.25) is 0 Å². The van der Waals surface area contributed by atoms with E-state index in [9.17, 15) is 4.79 Å². The van der Waals surface area contributed by atoms with Crippen LogP contribution in [-0.4, -0.2) is 16.6 Å². The number of hydrogen-bond acceptors (Lipinski definition) is 3. The Morgan fingerprint density at radius 1 is 0.861 bits per heavy atom. The second-order valence-electron chi connectivity index (χ2n) is 9.15. The molecule has 0 unspecified atom stereocenters. The molecule has 5 heteroatoms. The normalized spacial score (nSPS) is 11.2. The van der Waals surface area contributed by atoms with Crippen LogP contribution in [0.25, 0.3) is 10.9 Å². The summed E-state index contributed by atoms with van der Waals surface area (Å²) in [5.74, 6) is 0.695. The van der Waals surface area contributed by atoms with Gasteiger partial charge in [-0.15, -0.1) is 0 Å². The molecule has 0 spiro atoms. The number of nitrogens with zero attached hydrogens (tertiary/aromatic N) is 3. The van der Waals surface area contributed by atoms with E-state index in [0.717, 1.165) is 28.9 Å². The summed E-state index contributed by atoms with van der Waals surface area (Å²) in [7, 11) is 2.07. The smallest absolute Gasteiger partial charge is 0.262 e. The standard InChI is InChI=1S/C31H28IN3O/c1-21-11-10-16-28(32)27(21)20-34(3)25-17-18-29-26(19-25)31(36)35(22(2)33-29)30(23-12-6-4-7-13-23)24-14-8-5-9-15-24/h4-19,30H,20H2,1-3H3. The number of rotatable bonds is 6. The first kappa shape index (κ1) is 24.3. The van der Waals surface area contributed by atoms with Crippen molar-refractivity contribution in [3.63, 3.8) is 0 Å². The van der Waals surface area contributed by atoms with Crippen LogP contribution >= 0.6 is 22.6 Å². The molecule has 0 saturated carbocycles. The fourth-order valence-electron chi connectivity index (χ4n) is 4.80. The van der Waals surface area contributed by atoms with E-state index in [1.807, 2.05) is 60.0 Å². The maximum Gasteiger partial charge on any atom is 0.262 e. The van der Waals surface area contributed by atoms with Crippen molar-refractivity contribution >= 4 is 39.2 Å². The second kappa shape index (κ2) is 10.3. The van der Waals surface area contributed by atoms with E-state index in [2.05, 4.69) is 90.0 Å². The minimum Gasteiger partial charge on any atom is -0.370 e. The Kier molecular flexibility index (Phi) is 6.92. The first-order chi connectivity index (χ1) is 17.4. The van der Waals surface area contributed by atoms with Crippen LogP contribution in [0.15, 0.2) is 102 Å². The lowest BCUT2D eigenvalue weighted by Gasteiger charge is -2.24. The van der Waals surface area contributed by atoms with Crippen LogP contribution in [-0.2, 0) is 6.54 Å². The van der Waals surface area contributed by atoms with Gasteiger partial charge in [0.15, 0.2) is 0 Å². The molecule has 1 heterocycles. The molecule has 0 fully saturated rings. The Morgan fingerprint density at radius 2 is 1.50 bits per heavy atom. The van der Waals surface area contributed by atoms with E-state index in [-0.39, 0.29) is 11.6 Å². The Morgan fingerprint density at radius 3 is 2.11 bits per heavy atom. The Hall–Kier alpha value is -3.45. The molecule has 5 rings (SSSR count). The first-order valence-electron chi connectivity index (χ1n) is 12.0. The zero-order valence-corrected chi connectivity index (χ0v) is 22.8. The number of aryl methyl sites for hydroxylation is 2. The summed E-state index contributed by atoms with van der Waals surface area (Å²) in [6.45, 7) is 4.82. The van der Waals surface area contributed by atoms with Gasteiger partial charge in [-0.3, -0.25) is 9.36 Å². The zero-order valence-electron chi connectivity index (χ0n) is 20.6. The third-order valence-corrected chi connectivity index (χ3v) is 7.75. The number of halogens is 1. The fourth-order valence-corrected chi connectivity index (χ4v) is 5.60. The van der Waals surface area contributed by atoms with Crippen LogP contribution in [0.5, 0.6) is 0 Å². The van der Waals surface area contributed by atoms with Gasteiger partial charge in [-0.2, -0.15) is 0 Å². The third kappa shape index (κ3) is 4.67. The second-order valence-corrected chi connectivity index (χ2v) is 10.3. The van der Waals surface area contributed by atoms with E-state index >= 15 is 0 Å². The largest absolute Gasteiger partial charge is 0.370 e. The molecule has 4 nitrogen and oxygen atoms in total. The van der Waals surface area contributed by atoms with Crippen LogP contribution in [0, 0.1) is 17.4 Å². The summed E-state index contributed by atoms with van der Waals surface area (Å²) in [5, 5.41) is 0.626.